The lowest BCUT2D eigenvalue weighted by Gasteiger charge is -2.46. The third-order valence-corrected chi connectivity index (χ3v) is 7.47. The number of fused-ring (bicyclic) bond motifs is 1. The first kappa shape index (κ1) is 28.2. The van der Waals surface area contributed by atoms with E-state index in [1.54, 1.807) is 9.91 Å². The maximum absolute atomic E-state index is 14.6. The Hall–Kier alpha value is -4.31. The van der Waals surface area contributed by atoms with Crippen molar-refractivity contribution in [3.8, 4) is 0 Å². The third-order valence-electron chi connectivity index (χ3n) is 7.47. The molecule has 0 aliphatic carbocycles. The molecule has 41 heavy (non-hydrogen) atoms. The highest BCUT2D eigenvalue weighted by Gasteiger charge is 2.52. The maximum Gasteiger partial charge on any atom is 0.332 e. The summed E-state index contributed by atoms with van der Waals surface area (Å²) >= 11 is 0. The van der Waals surface area contributed by atoms with E-state index in [9.17, 15) is 23.2 Å². The van der Waals surface area contributed by atoms with Crippen molar-refractivity contribution in [2.75, 3.05) is 19.6 Å². The SMILES string of the molecule is CCCN(C(=O)NCc1ccccc1)N1CC(=O)N2[C@@H](Cc3ccccc3)C(=O)N(Cc3cc(F)ccc3F)C[C@@H]21. The number of nitrogens with zero attached hydrogens (tertiary/aromatic N) is 4. The van der Waals surface area contributed by atoms with E-state index in [1.165, 1.54) is 9.91 Å². The summed E-state index contributed by atoms with van der Waals surface area (Å²) in [4.78, 5) is 43.8. The van der Waals surface area contributed by atoms with Gasteiger partial charge < -0.3 is 15.1 Å². The van der Waals surface area contributed by atoms with Crippen molar-refractivity contribution in [3.05, 3.63) is 107 Å². The van der Waals surface area contributed by atoms with Gasteiger partial charge in [-0.05, 0) is 35.7 Å². The molecule has 2 atom stereocenters. The fourth-order valence-electron chi connectivity index (χ4n) is 5.52. The molecule has 0 bridgehead atoms. The van der Waals surface area contributed by atoms with Crippen LogP contribution >= 0.6 is 0 Å². The fourth-order valence-corrected chi connectivity index (χ4v) is 5.52. The lowest BCUT2D eigenvalue weighted by Crippen LogP contribution is -2.66. The van der Waals surface area contributed by atoms with Gasteiger partial charge in [0.15, 0.2) is 0 Å². The van der Waals surface area contributed by atoms with Crippen LogP contribution in [0.5, 0.6) is 0 Å². The minimum atomic E-state index is -0.860. The Balaban J connectivity index is 1.44. The van der Waals surface area contributed by atoms with E-state index < -0.39 is 23.8 Å². The van der Waals surface area contributed by atoms with Gasteiger partial charge in [-0.15, -0.1) is 0 Å². The minimum Gasteiger partial charge on any atom is -0.333 e. The zero-order valence-electron chi connectivity index (χ0n) is 22.9. The van der Waals surface area contributed by atoms with Crippen LogP contribution < -0.4 is 5.32 Å². The molecule has 2 saturated heterocycles. The predicted molar refractivity (Wildman–Crippen MR) is 149 cm³/mol. The minimum absolute atomic E-state index is 0.0397. The first-order chi connectivity index (χ1) is 19.9. The number of carbonyl (C=O) groups excluding carboxylic acids is 3. The van der Waals surface area contributed by atoms with Crippen molar-refractivity contribution in [1.82, 2.24) is 25.1 Å². The van der Waals surface area contributed by atoms with Gasteiger partial charge in [-0.25, -0.2) is 13.6 Å². The largest absolute Gasteiger partial charge is 0.333 e. The number of hydrazine groups is 1. The maximum atomic E-state index is 14.6. The second kappa shape index (κ2) is 12.5. The summed E-state index contributed by atoms with van der Waals surface area (Å²) in [7, 11) is 0. The summed E-state index contributed by atoms with van der Waals surface area (Å²) in [6.45, 7) is 2.41. The summed E-state index contributed by atoms with van der Waals surface area (Å²) in [5, 5.41) is 6.17. The van der Waals surface area contributed by atoms with E-state index in [1.807, 2.05) is 67.6 Å². The van der Waals surface area contributed by atoms with Crippen LogP contribution in [0.25, 0.3) is 0 Å². The molecular formula is C31H33F2N5O3. The van der Waals surface area contributed by atoms with E-state index in [2.05, 4.69) is 5.32 Å². The van der Waals surface area contributed by atoms with Gasteiger partial charge in [-0.1, -0.05) is 67.6 Å². The summed E-state index contributed by atoms with van der Waals surface area (Å²) in [5.41, 5.74) is 1.85. The lowest BCUT2D eigenvalue weighted by atomic mass is 10.00. The Morgan fingerprint density at radius 3 is 2.34 bits per heavy atom. The summed E-state index contributed by atoms with van der Waals surface area (Å²) in [6, 6.07) is 20.8. The van der Waals surface area contributed by atoms with Crippen molar-refractivity contribution in [3.63, 3.8) is 0 Å². The Labute approximate surface area is 238 Å². The molecule has 3 aromatic rings. The molecule has 10 heteroatoms. The van der Waals surface area contributed by atoms with Crippen molar-refractivity contribution in [2.45, 2.75) is 45.1 Å². The molecule has 2 heterocycles. The number of amides is 4. The molecule has 4 amide bonds. The molecule has 1 N–H and O–H groups in total. The smallest absolute Gasteiger partial charge is 0.332 e. The number of urea groups is 1. The van der Waals surface area contributed by atoms with Crippen LogP contribution in [0.3, 0.4) is 0 Å². The van der Waals surface area contributed by atoms with E-state index in [0.717, 1.165) is 29.3 Å². The fraction of sp³-hybridized carbons (Fsp3) is 0.323. The van der Waals surface area contributed by atoms with Gasteiger partial charge in [0, 0.05) is 31.6 Å². The number of carbonyl (C=O) groups is 3. The number of hydrogen-bond acceptors (Lipinski definition) is 4. The third kappa shape index (κ3) is 6.22. The number of benzene rings is 3. The standard InChI is InChI=1S/C31H33F2N5O3/c1-2-15-36(31(41)34-18-23-11-7-4-8-12-23)37-21-29(39)38-27(16-22-9-5-3-6-10-22)30(40)35(20-28(37)38)19-24-17-25(32)13-14-26(24)33/h3-14,17,27-28H,2,15-16,18-21H2,1H3,(H,34,41)/t27-,28+/m0/s1. The topological polar surface area (TPSA) is 76.2 Å². The van der Waals surface area contributed by atoms with Crippen LogP contribution in [0, 0.1) is 11.6 Å². The van der Waals surface area contributed by atoms with Crippen LogP contribution in [-0.2, 0) is 29.1 Å². The average Bonchev–Trinajstić information content (AvgIpc) is 3.30. The van der Waals surface area contributed by atoms with Gasteiger partial charge in [-0.3, -0.25) is 14.6 Å². The first-order valence-corrected chi connectivity index (χ1v) is 13.8. The first-order valence-electron chi connectivity index (χ1n) is 13.8. The van der Waals surface area contributed by atoms with Crippen LogP contribution in [0.2, 0.25) is 0 Å². The number of nitrogens with one attached hydrogen (secondary N) is 1. The van der Waals surface area contributed by atoms with Crippen LogP contribution in [-0.4, -0.2) is 69.5 Å². The Morgan fingerprint density at radius 2 is 1.66 bits per heavy atom. The zero-order valence-corrected chi connectivity index (χ0v) is 22.9. The second-order valence-corrected chi connectivity index (χ2v) is 10.3. The number of piperazine rings is 1. The average molecular weight is 562 g/mol. The van der Waals surface area contributed by atoms with Gasteiger partial charge in [0.1, 0.15) is 23.8 Å². The van der Waals surface area contributed by atoms with Crippen molar-refractivity contribution in [2.24, 2.45) is 0 Å². The normalized spacial score (nSPS) is 18.9. The zero-order chi connectivity index (χ0) is 28.9. The van der Waals surface area contributed by atoms with Gasteiger partial charge in [0.25, 0.3) is 0 Å². The molecule has 3 aromatic carbocycles. The van der Waals surface area contributed by atoms with Crippen LogP contribution in [0.1, 0.15) is 30.0 Å². The molecule has 2 aliphatic rings. The Kier molecular flexibility index (Phi) is 8.58. The number of halogens is 2. The monoisotopic (exact) mass is 561 g/mol. The predicted octanol–water partition coefficient (Wildman–Crippen LogP) is 3.93. The highest BCUT2D eigenvalue weighted by atomic mass is 19.1. The van der Waals surface area contributed by atoms with Crippen molar-refractivity contribution in [1.29, 1.82) is 0 Å². The second-order valence-electron chi connectivity index (χ2n) is 10.3. The summed E-state index contributed by atoms with van der Waals surface area (Å²) in [5.74, 6) is -1.83. The van der Waals surface area contributed by atoms with Crippen LogP contribution in [0.4, 0.5) is 13.6 Å². The molecule has 0 radical (unpaired) electrons. The van der Waals surface area contributed by atoms with E-state index in [4.69, 9.17) is 0 Å². The molecule has 2 aliphatic heterocycles. The van der Waals surface area contributed by atoms with Gasteiger partial charge >= 0.3 is 6.03 Å². The molecule has 0 aromatic heterocycles. The van der Waals surface area contributed by atoms with Gasteiger partial charge in [0.05, 0.1) is 13.1 Å². The van der Waals surface area contributed by atoms with E-state index in [-0.39, 0.29) is 49.5 Å². The molecule has 0 unspecified atom stereocenters. The van der Waals surface area contributed by atoms with Gasteiger partial charge in [-0.2, -0.15) is 5.01 Å². The highest BCUT2D eigenvalue weighted by Crippen LogP contribution is 2.30. The molecular weight excluding hydrogens is 528 g/mol. The summed E-state index contributed by atoms with van der Waals surface area (Å²) in [6.07, 6.45) is 0.242. The van der Waals surface area contributed by atoms with E-state index in [0.29, 0.717) is 19.5 Å². The van der Waals surface area contributed by atoms with Crippen molar-refractivity contribution >= 4 is 17.8 Å². The molecule has 8 nitrogen and oxygen atoms in total. The molecule has 2 fully saturated rings. The molecule has 5 rings (SSSR count). The lowest BCUT2D eigenvalue weighted by molar-refractivity contribution is -0.157. The molecule has 0 saturated carbocycles. The Bertz CT molecular complexity index is 1390. The molecule has 0 spiro atoms. The number of hydrogen-bond donors (Lipinski definition) is 1. The highest BCUT2D eigenvalue weighted by molar-refractivity contribution is 5.91. The summed E-state index contributed by atoms with van der Waals surface area (Å²) < 4.78 is 28.6. The van der Waals surface area contributed by atoms with Gasteiger partial charge in [0.2, 0.25) is 11.8 Å². The number of rotatable bonds is 9. The quantitative estimate of drug-likeness (QED) is 0.430. The molecule has 214 valence electrons. The van der Waals surface area contributed by atoms with Crippen LogP contribution in [0.15, 0.2) is 78.9 Å². The Morgan fingerprint density at radius 1 is 0.976 bits per heavy atom. The van der Waals surface area contributed by atoms with E-state index >= 15 is 0 Å². The van der Waals surface area contributed by atoms with Crippen molar-refractivity contribution < 1.29 is 23.2 Å².